The predicted molar refractivity (Wildman–Crippen MR) is 299 cm³/mol. The van der Waals surface area contributed by atoms with Gasteiger partial charge in [0.05, 0.1) is 24.1 Å². The van der Waals surface area contributed by atoms with E-state index in [9.17, 15) is 58.2 Å². The number of para-hydroxylation sites is 2. The summed E-state index contributed by atoms with van der Waals surface area (Å²) >= 11 is 2.45. The van der Waals surface area contributed by atoms with E-state index in [-0.39, 0.29) is 23.0 Å². The van der Waals surface area contributed by atoms with Crippen LogP contribution in [0.4, 0.5) is 0 Å². The van der Waals surface area contributed by atoms with Crippen LogP contribution >= 0.6 is 45.1 Å². The third-order valence-electron chi connectivity index (χ3n) is 13.3. The van der Waals surface area contributed by atoms with Gasteiger partial charge in [-0.25, -0.2) is 9.97 Å². The van der Waals surface area contributed by atoms with Crippen molar-refractivity contribution in [1.82, 2.24) is 60.6 Å². The molecule has 0 saturated carbocycles. The number of benzene rings is 2. The summed E-state index contributed by atoms with van der Waals surface area (Å²) in [5.74, 6) is -9.45. The molecule has 6 N–H and O–H groups in total. The number of amides is 10. The lowest BCUT2D eigenvalue weighted by atomic mass is 10.1. The van der Waals surface area contributed by atoms with E-state index >= 15 is 0 Å². The first-order valence-corrected chi connectivity index (χ1v) is 29.5. The first-order chi connectivity index (χ1) is 37.1. The SMILES string of the molecule is CSC[C@H]1C(=O)N(C)C[C@@H](NC(=O)c2nc3ccccc3cc2O)C(=O)NCC(=O)N(C)[C@H]2CSSC[C@@H](C(=O)N1C)N(C)C(=O)CNC(=O)[C@H](NC(=O)c1nc3ccccc3cc1O)CN(C)C(=O)[C@H](CSC)N(C)C2=O. The van der Waals surface area contributed by atoms with Crippen LogP contribution in [0.1, 0.15) is 21.0 Å². The van der Waals surface area contributed by atoms with Crippen molar-refractivity contribution >= 4 is 126 Å². The van der Waals surface area contributed by atoms with Gasteiger partial charge < -0.3 is 60.9 Å². The molecule has 2 bridgehead atoms. The Morgan fingerprint density at radius 1 is 0.577 bits per heavy atom. The van der Waals surface area contributed by atoms with Crippen molar-refractivity contribution in [2.75, 3.05) is 104 Å². The smallest absolute Gasteiger partial charge is 0.274 e. The molecule has 78 heavy (non-hydrogen) atoms. The number of thioether (sulfide) groups is 2. The standard InChI is InChI=1S/C50H62N12O12S4/c1-57-21-31(55-45(69)41-37(63)17-27-13-9-11-15-29(27)53-41)43(67)51-19-39(65)60(4)36-26-78-77-25-35(49(73)61(5)33(23-75-7)47(57)71)59(3)40(66)20-52-44(68)32(22-58(2)48(72)34(24-76-8)62(6)50(36)74)56-46(70)42-38(64)18-28-14-10-12-16-30(28)54-42/h9-18,31-36,63-64H,19-26H2,1-8H3,(H,51,67)(H,52,68)(H,55,69)(H,56,70)/t31-,32-,33+,34+,35+,36+/m1/s1. The lowest BCUT2D eigenvalue weighted by Crippen LogP contribution is -2.61. The van der Waals surface area contributed by atoms with Gasteiger partial charge in [-0.05, 0) is 36.8 Å². The van der Waals surface area contributed by atoms with Crippen molar-refractivity contribution in [2.45, 2.75) is 36.3 Å². The van der Waals surface area contributed by atoms with Crippen molar-refractivity contribution in [2.24, 2.45) is 0 Å². The molecule has 0 aliphatic carbocycles. The van der Waals surface area contributed by atoms with Gasteiger partial charge in [0.15, 0.2) is 11.4 Å². The molecule has 0 unspecified atom stereocenters. The number of aromatic nitrogens is 2. The molecule has 6 rings (SSSR count). The summed E-state index contributed by atoms with van der Waals surface area (Å²) in [6.45, 7) is -2.49. The Morgan fingerprint density at radius 2 is 0.936 bits per heavy atom. The number of pyridine rings is 2. The quantitative estimate of drug-likeness (QED) is 0.123. The zero-order chi connectivity index (χ0) is 57.1. The second-order valence-electron chi connectivity index (χ2n) is 18.5. The predicted octanol–water partition coefficient (Wildman–Crippen LogP) is -0.317. The van der Waals surface area contributed by atoms with E-state index in [0.717, 1.165) is 41.2 Å². The number of likely N-dealkylation sites (N-methyl/N-ethyl adjacent to an activating group) is 6. The van der Waals surface area contributed by atoms with Gasteiger partial charge in [-0.15, -0.1) is 0 Å². The first kappa shape index (κ1) is 60.2. The number of aromatic hydroxyl groups is 2. The van der Waals surface area contributed by atoms with Crippen LogP contribution in [0.15, 0.2) is 60.7 Å². The maximum absolute atomic E-state index is 14.9. The molecule has 2 saturated heterocycles. The summed E-state index contributed by atoms with van der Waals surface area (Å²) < 4.78 is 0. The van der Waals surface area contributed by atoms with Crippen LogP contribution in [-0.4, -0.2) is 249 Å². The fraction of sp³-hybridized carbons (Fsp3) is 0.440. The van der Waals surface area contributed by atoms with Crippen molar-refractivity contribution in [1.29, 1.82) is 0 Å². The number of carbonyl (C=O) groups excluding carboxylic acids is 10. The summed E-state index contributed by atoms with van der Waals surface area (Å²) in [5, 5.41) is 32.9. The number of carbonyl (C=O) groups is 10. The van der Waals surface area contributed by atoms with Gasteiger partial charge >= 0.3 is 0 Å². The number of hydrogen-bond donors (Lipinski definition) is 6. The summed E-state index contributed by atoms with van der Waals surface area (Å²) in [6.07, 6.45) is 3.41. The molecule has 2 aromatic carbocycles. The third kappa shape index (κ3) is 14.2. The number of nitrogens with zero attached hydrogens (tertiary/aromatic N) is 8. The Balaban J connectivity index is 1.39. The minimum atomic E-state index is -1.60. The maximum atomic E-state index is 14.9. The van der Waals surface area contributed by atoms with Gasteiger partial charge in [0, 0.05) is 89.2 Å². The second-order valence-corrected chi connectivity index (χ2v) is 22.8. The first-order valence-electron chi connectivity index (χ1n) is 24.2. The summed E-state index contributed by atoms with van der Waals surface area (Å²) in [6, 6.07) is 7.73. The molecule has 10 amide bonds. The Labute approximate surface area is 466 Å². The van der Waals surface area contributed by atoms with Crippen molar-refractivity contribution < 1.29 is 58.2 Å². The normalized spacial score (nSPS) is 22.6. The minimum absolute atomic E-state index is 0.0259. The number of nitrogens with one attached hydrogen (secondary N) is 4. The summed E-state index contributed by atoms with van der Waals surface area (Å²) in [4.78, 5) is 159. The largest absolute Gasteiger partial charge is 0.505 e. The fourth-order valence-electron chi connectivity index (χ4n) is 8.50. The zero-order valence-electron chi connectivity index (χ0n) is 44.1. The molecule has 4 aromatic rings. The number of rotatable bonds is 8. The molecular weight excluding hydrogens is 1090 g/mol. The van der Waals surface area contributed by atoms with E-state index in [2.05, 4.69) is 31.2 Å². The van der Waals surface area contributed by atoms with Crippen LogP contribution in [0.25, 0.3) is 21.8 Å². The molecule has 0 radical (unpaired) electrons. The van der Waals surface area contributed by atoms with E-state index in [0.29, 0.717) is 21.8 Å². The molecule has 2 aliphatic rings. The molecule has 4 heterocycles. The number of fused-ring (bicyclic) bond motifs is 7. The highest BCUT2D eigenvalue weighted by Crippen LogP contribution is 2.29. The lowest BCUT2D eigenvalue weighted by Gasteiger charge is -2.37. The molecule has 2 fully saturated rings. The van der Waals surface area contributed by atoms with Crippen LogP contribution in [0, 0.1) is 0 Å². The van der Waals surface area contributed by atoms with Crippen LogP contribution in [0.5, 0.6) is 11.5 Å². The minimum Gasteiger partial charge on any atom is -0.505 e. The maximum Gasteiger partial charge on any atom is 0.274 e. The monoisotopic (exact) mass is 1150 g/mol. The third-order valence-corrected chi connectivity index (χ3v) is 16.9. The molecule has 0 spiro atoms. The van der Waals surface area contributed by atoms with E-state index in [1.807, 2.05) is 0 Å². The van der Waals surface area contributed by atoms with Crippen molar-refractivity contribution in [3.05, 3.63) is 72.1 Å². The van der Waals surface area contributed by atoms with Gasteiger partial charge in [0.25, 0.3) is 11.8 Å². The average Bonchev–Trinajstić information content (AvgIpc) is 3.48. The Morgan fingerprint density at radius 3 is 1.29 bits per heavy atom. The van der Waals surface area contributed by atoms with Crippen LogP contribution < -0.4 is 21.3 Å². The Bertz CT molecular complexity index is 2780. The highest BCUT2D eigenvalue weighted by Gasteiger charge is 2.41. The van der Waals surface area contributed by atoms with Crippen molar-refractivity contribution in [3.63, 3.8) is 0 Å². The molecule has 2 aliphatic heterocycles. The highest BCUT2D eigenvalue weighted by molar-refractivity contribution is 8.76. The summed E-state index contributed by atoms with van der Waals surface area (Å²) in [5.41, 5.74) is -0.146. The molecule has 6 atom stereocenters. The highest BCUT2D eigenvalue weighted by atomic mass is 33.1. The average molecular weight is 1150 g/mol. The van der Waals surface area contributed by atoms with E-state index in [4.69, 9.17) is 0 Å². The van der Waals surface area contributed by atoms with Gasteiger partial charge in [0.1, 0.15) is 47.8 Å². The van der Waals surface area contributed by atoms with Crippen LogP contribution in [-0.2, 0) is 38.4 Å². The molecular formula is C50H62N12O12S4. The van der Waals surface area contributed by atoms with Crippen molar-refractivity contribution in [3.8, 4) is 11.5 Å². The number of hydrogen-bond acceptors (Lipinski definition) is 18. The lowest BCUT2D eigenvalue weighted by molar-refractivity contribution is -0.149. The fourth-order valence-corrected chi connectivity index (χ4v) is 12.4. The van der Waals surface area contributed by atoms with Gasteiger partial charge in [0.2, 0.25) is 47.3 Å². The Kier molecular flexibility index (Phi) is 20.9. The molecule has 28 heteroatoms. The topological polar surface area (TPSA) is 304 Å². The second kappa shape index (κ2) is 27.0. The van der Waals surface area contributed by atoms with E-state index < -0.39 is 144 Å². The Hall–Kier alpha value is -7.04. The molecule has 418 valence electrons. The van der Waals surface area contributed by atoms with Gasteiger partial charge in [-0.1, -0.05) is 58.0 Å². The summed E-state index contributed by atoms with van der Waals surface area (Å²) in [7, 11) is 10.2. The zero-order valence-corrected chi connectivity index (χ0v) is 47.3. The van der Waals surface area contributed by atoms with E-state index in [1.54, 1.807) is 61.0 Å². The molecule has 24 nitrogen and oxygen atoms in total. The van der Waals surface area contributed by atoms with Gasteiger partial charge in [-0.3, -0.25) is 47.9 Å². The van der Waals surface area contributed by atoms with Gasteiger partial charge in [-0.2, -0.15) is 23.5 Å². The van der Waals surface area contributed by atoms with E-state index in [1.165, 1.54) is 87.7 Å². The molecule has 2 aromatic heterocycles. The van der Waals surface area contributed by atoms with Crippen LogP contribution in [0.2, 0.25) is 0 Å². The van der Waals surface area contributed by atoms with Crippen LogP contribution in [0.3, 0.4) is 0 Å².